The van der Waals surface area contributed by atoms with Crippen molar-refractivity contribution in [3.63, 3.8) is 0 Å². The van der Waals surface area contributed by atoms with Crippen molar-refractivity contribution in [1.29, 1.82) is 0 Å². The molecule has 5 heterocycles. The van der Waals surface area contributed by atoms with Gasteiger partial charge in [-0.2, -0.15) is 0 Å². The summed E-state index contributed by atoms with van der Waals surface area (Å²) in [5, 5.41) is 160. The number of amides is 1. The molecule has 3 saturated heterocycles. The van der Waals surface area contributed by atoms with E-state index in [2.05, 4.69) is 15.6 Å². The van der Waals surface area contributed by atoms with Crippen LogP contribution in [0.4, 0.5) is 0 Å². The number of nitrogens with one attached hydrogen (secondary N) is 2. The highest BCUT2D eigenvalue weighted by molar-refractivity contribution is 5.80. The minimum Gasteiger partial charge on any atom is -0.462 e. The summed E-state index contributed by atoms with van der Waals surface area (Å²) in [6, 6.07) is 3.93. The summed E-state index contributed by atoms with van der Waals surface area (Å²) in [7, 11) is 0. The molecule has 3 fully saturated rings. The van der Waals surface area contributed by atoms with Crippen molar-refractivity contribution >= 4 is 11.9 Å². The van der Waals surface area contributed by atoms with Crippen LogP contribution < -0.4 is 10.6 Å². The maximum absolute atomic E-state index is 14.2. The molecule has 2 bridgehead atoms. The van der Waals surface area contributed by atoms with Gasteiger partial charge in [0.2, 0.25) is 11.7 Å². The monoisotopic (exact) mass is 1190 g/mol. The van der Waals surface area contributed by atoms with Gasteiger partial charge in [-0.25, -0.2) is 0 Å². The SMILES string of the molecule is CC1[C@H](C)OC(=O)C[C@H](O)C[C@H](O)CC[C@@H](O)[C@H](O)C[C@H](O)C[C@]2(O)C[C@H](O)C(C(=O)NCCc3ccccn3)C(C[C@@H](OC3O[C@H](C)[C@@H](O)[C@H](NC[C@@]4(O)OC[C@@H](O)[C@H](O)[C@@H]4O)[C@@H]3O)/C=C/C=C/C=C/C=C/C=C/C=C/C=C/[C@H](C)[C@H]1O)O2. The Kier molecular flexibility index (Phi) is 28.6. The molecule has 1 aromatic heterocycles. The minimum absolute atomic E-state index is 0.0809. The highest BCUT2D eigenvalue weighted by Crippen LogP contribution is 2.38. The van der Waals surface area contributed by atoms with Crippen molar-refractivity contribution in [1.82, 2.24) is 15.6 Å². The van der Waals surface area contributed by atoms with Gasteiger partial charge in [0.1, 0.15) is 30.5 Å². The van der Waals surface area contributed by atoms with E-state index in [4.69, 9.17) is 23.7 Å². The van der Waals surface area contributed by atoms with Gasteiger partial charge in [0.15, 0.2) is 12.1 Å². The van der Waals surface area contributed by atoms with Crippen LogP contribution in [0.1, 0.15) is 84.8 Å². The van der Waals surface area contributed by atoms with E-state index in [1.807, 2.05) is 13.0 Å². The van der Waals surface area contributed by atoms with Crippen LogP contribution in [0.3, 0.4) is 0 Å². The number of fused-ring (bicyclic) bond motifs is 2. The van der Waals surface area contributed by atoms with Crippen molar-refractivity contribution in [2.24, 2.45) is 17.8 Å². The summed E-state index contributed by atoms with van der Waals surface area (Å²) >= 11 is 0. The molecule has 1 amide bonds. The van der Waals surface area contributed by atoms with E-state index in [1.54, 1.807) is 111 Å². The van der Waals surface area contributed by atoms with Gasteiger partial charge in [0, 0.05) is 62.4 Å². The van der Waals surface area contributed by atoms with Crippen molar-refractivity contribution in [3.8, 4) is 0 Å². The number of cyclic esters (lactones) is 1. The molecule has 0 spiro atoms. The summed E-state index contributed by atoms with van der Waals surface area (Å²) in [4.78, 5) is 31.2. The van der Waals surface area contributed by atoms with E-state index in [0.29, 0.717) is 12.1 Å². The maximum atomic E-state index is 14.2. The first kappa shape index (κ1) is 70.3. The third-order valence-corrected chi connectivity index (χ3v) is 15.7. The van der Waals surface area contributed by atoms with E-state index < -0.39 is 184 Å². The molecule has 1 aromatic rings. The van der Waals surface area contributed by atoms with Crippen LogP contribution in [0.5, 0.6) is 0 Å². The molecule has 4 aliphatic rings. The third-order valence-electron chi connectivity index (χ3n) is 15.7. The zero-order chi connectivity index (χ0) is 61.7. The molecule has 0 saturated carbocycles. The Hall–Kier alpha value is -4.49. The van der Waals surface area contributed by atoms with Crippen molar-refractivity contribution in [2.75, 3.05) is 19.7 Å². The first-order chi connectivity index (χ1) is 39.8. The number of pyridine rings is 1. The zero-order valence-electron chi connectivity index (χ0n) is 48.1. The Morgan fingerprint density at radius 2 is 1.32 bits per heavy atom. The number of carbonyl (C=O) groups is 2. The van der Waals surface area contributed by atoms with Crippen LogP contribution in [0.2, 0.25) is 0 Å². The number of rotatable bonds is 9. The molecule has 23 atom stereocenters. The van der Waals surface area contributed by atoms with Crippen LogP contribution in [-0.4, -0.2) is 230 Å². The Morgan fingerprint density at radius 1 is 0.679 bits per heavy atom. The molecule has 84 heavy (non-hydrogen) atoms. The Labute approximate surface area is 490 Å². The van der Waals surface area contributed by atoms with E-state index in [-0.39, 0.29) is 38.1 Å². The van der Waals surface area contributed by atoms with Crippen LogP contribution in [0, 0.1) is 17.8 Å². The first-order valence-electron chi connectivity index (χ1n) is 28.8. The fraction of sp³-hybridized carbons (Fsp3) is 0.650. The predicted molar refractivity (Wildman–Crippen MR) is 303 cm³/mol. The number of ether oxygens (including phenoxy) is 5. The Bertz CT molecular complexity index is 2360. The fourth-order valence-corrected chi connectivity index (χ4v) is 10.5. The molecule has 472 valence electrons. The lowest BCUT2D eigenvalue weighted by molar-refractivity contribution is -0.323. The molecule has 0 aliphatic carbocycles. The average molecular weight is 1190 g/mol. The number of carbonyl (C=O) groups excluding carboxylic acids is 2. The van der Waals surface area contributed by atoms with E-state index >= 15 is 0 Å². The van der Waals surface area contributed by atoms with Gasteiger partial charge >= 0.3 is 5.97 Å². The number of aromatic nitrogens is 1. The highest BCUT2D eigenvalue weighted by Gasteiger charge is 2.53. The Morgan fingerprint density at radius 3 is 1.96 bits per heavy atom. The molecule has 24 nitrogen and oxygen atoms in total. The molecule has 24 heteroatoms. The normalized spacial score (nSPS) is 43.4. The van der Waals surface area contributed by atoms with Crippen molar-refractivity contribution < 1.29 is 105 Å². The summed E-state index contributed by atoms with van der Waals surface area (Å²) in [6.07, 6.45) is -1.43. The average Bonchev–Trinajstić information content (AvgIpc) is 1.75. The van der Waals surface area contributed by atoms with Gasteiger partial charge in [-0.05, 0) is 45.2 Å². The molecule has 4 unspecified atom stereocenters. The number of esters is 1. The van der Waals surface area contributed by atoms with Gasteiger partial charge in [-0.15, -0.1) is 0 Å². The molecular weight excluding hydrogens is 1100 g/mol. The van der Waals surface area contributed by atoms with Crippen LogP contribution in [-0.2, 0) is 39.7 Å². The second kappa shape index (κ2) is 34.2. The first-order valence-corrected chi connectivity index (χ1v) is 28.8. The standard InChI is InChI=1S/C60H91N3O21/c1-35-19-15-13-11-9-7-5-6-8-10-12-14-16-21-43(83-58-55(75)51(53(73)38(4)82-58)63-34-60(79)56(76)54(74)47(70)33-80-60)30-48-50(57(77)62-26-24-39-20-17-18-25-61-39)46(69)32-59(78,84-48)31-42(66)28-45(68)44(67)23-22-40(64)27-41(65)29-49(71)81-37(3)36(2)52(35)72/h5-21,25,35-38,40-48,50-56,58,63-70,72-76,78-79H,22-24,26-34H2,1-4H3,(H,62,77)/b6-5+,9-7+,10-8+,13-11+,14-12+,19-15+,21-16+/t35-,36?,37-,38+,40+,41+,42-,43-,44+,45+,46-,47+,48?,50?,51-,52+,53+,54-,55-,56-,58?,59+,60+/m0/s1. The maximum Gasteiger partial charge on any atom is 0.308 e. The van der Waals surface area contributed by atoms with Gasteiger partial charge in [0.25, 0.3) is 0 Å². The number of aliphatic hydroxyl groups excluding tert-OH is 12. The second-order valence-corrected chi connectivity index (χ2v) is 22.6. The number of allylic oxidation sites excluding steroid dienone is 12. The lowest BCUT2D eigenvalue weighted by atomic mass is 9.82. The highest BCUT2D eigenvalue weighted by atomic mass is 16.7. The number of nitrogens with zero attached hydrogens (tertiary/aromatic N) is 1. The summed E-state index contributed by atoms with van der Waals surface area (Å²) in [6.45, 7) is 5.54. The molecule has 4 aliphatic heterocycles. The number of hydrogen-bond acceptors (Lipinski definition) is 23. The Balaban J connectivity index is 1.43. The second-order valence-electron chi connectivity index (χ2n) is 22.6. The largest absolute Gasteiger partial charge is 0.462 e. The van der Waals surface area contributed by atoms with Gasteiger partial charge in [-0.1, -0.05) is 105 Å². The molecule has 0 aromatic carbocycles. The smallest absolute Gasteiger partial charge is 0.308 e. The van der Waals surface area contributed by atoms with Gasteiger partial charge < -0.3 is 106 Å². The van der Waals surface area contributed by atoms with Crippen molar-refractivity contribution in [3.05, 3.63) is 115 Å². The zero-order valence-corrected chi connectivity index (χ0v) is 48.1. The molecular formula is C60H91N3O21. The van der Waals surface area contributed by atoms with E-state index in [1.165, 1.54) is 13.0 Å². The van der Waals surface area contributed by atoms with Crippen LogP contribution in [0.25, 0.3) is 0 Å². The molecule has 5 rings (SSSR count). The predicted octanol–water partition coefficient (Wildman–Crippen LogP) is -1.19. The summed E-state index contributed by atoms with van der Waals surface area (Å²) in [5.41, 5.74) is 0.666. The summed E-state index contributed by atoms with van der Waals surface area (Å²) in [5.74, 6) is -8.47. The van der Waals surface area contributed by atoms with Gasteiger partial charge in [-0.3, -0.25) is 14.6 Å². The van der Waals surface area contributed by atoms with E-state index in [0.717, 1.165) is 0 Å². The lowest BCUT2D eigenvalue weighted by Crippen LogP contribution is -2.69. The van der Waals surface area contributed by atoms with Crippen LogP contribution in [0.15, 0.2) is 109 Å². The quantitative estimate of drug-likeness (QED) is 0.129. The molecule has 16 N–H and O–H groups in total. The topological polar surface area (TPSA) is 400 Å². The van der Waals surface area contributed by atoms with Gasteiger partial charge in [0.05, 0.1) is 98.7 Å². The fourth-order valence-electron chi connectivity index (χ4n) is 10.5. The third kappa shape index (κ3) is 21.7. The number of aliphatic hydroxyl groups is 14. The number of hydrogen-bond donors (Lipinski definition) is 16. The summed E-state index contributed by atoms with van der Waals surface area (Å²) < 4.78 is 29.5. The molecule has 0 radical (unpaired) electrons. The van der Waals surface area contributed by atoms with E-state index in [9.17, 15) is 81.1 Å². The minimum atomic E-state index is -2.47. The lowest BCUT2D eigenvalue weighted by Gasteiger charge is -2.47. The van der Waals surface area contributed by atoms with Crippen molar-refractivity contribution in [2.45, 2.75) is 207 Å². The van der Waals surface area contributed by atoms with Crippen LogP contribution >= 0.6 is 0 Å².